The third-order valence-electron chi connectivity index (χ3n) is 5.10. The van der Waals surface area contributed by atoms with Crippen LogP contribution in [0.5, 0.6) is 0 Å². The number of carbonyl (C=O) groups is 2. The summed E-state index contributed by atoms with van der Waals surface area (Å²) in [6.07, 6.45) is 0. The lowest BCUT2D eigenvalue weighted by Gasteiger charge is -2.08. The molecule has 154 valence electrons. The Labute approximate surface area is 177 Å². The molecule has 0 amide bonds. The molecule has 0 bridgehead atoms. The van der Waals surface area contributed by atoms with E-state index >= 15 is 0 Å². The van der Waals surface area contributed by atoms with Gasteiger partial charge in [0.2, 0.25) is 5.78 Å². The van der Waals surface area contributed by atoms with Gasteiger partial charge in [0.1, 0.15) is 0 Å². The molecule has 7 nitrogen and oxygen atoms in total. The number of aromatic amines is 1. The molecule has 31 heavy (non-hydrogen) atoms. The van der Waals surface area contributed by atoms with Crippen molar-refractivity contribution in [3.8, 4) is 11.3 Å². The maximum Gasteiger partial charge on any atom is 0.339 e. The quantitative estimate of drug-likeness (QED) is 0.205. The van der Waals surface area contributed by atoms with E-state index in [0.29, 0.717) is 11.3 Å². The van der Waals surface area contributed by atoms with Crippen molar-refractivity contribution >= 4 is 28.3 Å². The summed E-state index contributed by atoms with van der Waals surface area (Å²) in [4.78, 5) is 39.5. The number of benzene rings is 3. The Hall–Kier alpha value is -4.26. The molecule has 0 saturated heterocycles. The van der Waals surface area contributed by atoms with E-state index in [2.05, 4.69) is 4.98 Å². The van der Waals surface area contributed by atoms with Gasteiger partial charge < -0.3 is 9.72 Å². The van der Waals surface area contributed by atoms with Gasteiger partial charge in [-0.1, -0.05) is 54.6 Å². The SMILES string of the molecule is Cc1c(C(=O)OCC(=O)c2c(-c3ccccc3)[nH]c3ccccc23)cccc1[N+](=O)[O-]. The molecule has 7 heteroatoms. The van der Waals surface area contributed by atoms with Crippen LogP contribution in [-0.4, -0.2) is 28.3 Å². The van der Waals surface area contributed by atoms with E-state index in [0.717, 1.165) is 16.5 Å². The first-order valence-electron chi connectivity index (χ1n) is 9.58. The lowest BCUT2D eigenvalue weighted by molar-refractivity contribution is -0.385. The number of para-hydroxylation sites is 1. The number of nitro groups is 1. The average Bonchev–Trinajstić information content (AvgIpc) is 3.17. The summed E-state index contributed by atoms with van der Waals surface area (Å²) in [6.45, 7) is 0.992. The first-order valence-corrected chi connectivity index (χ1v) is 9.58. The van der Waals surface area contributed by atoms with Crippen LogP contribution >= 0.6 is 0 Å². The molecular formula is C24H18N2O5. The molecule has 0 aliphatic carbocycles. The molecule has 0 spiro atoms. The Balaban J connectivity index is 1.63. The van der Waals surface area contributed by atoms with E-state index in [4.69, 9.17) is 4.74 Å². The highest BCUT2D eigenvalue weighted by atomic mass is 16.6. The molecule has 0 aliphatic rings. The van der Waals surface area contributed by atoms with Crippen molar-refractivity contribution in [1.82, 2.24) is 4.98 Å². The van der Waals surface area contributed by atoms with Gasteiger partial charge in [-0.25, -0.2) is 4.79 Å². The summed E-state index contributed by atoms with van der Waals surface area (Å²) >= 11 is 0. The third-order valence-corrected chi connectivity index (χ3v) is 5.10. The number of nitrogens with one attached hydrogen (secondary N) is 1. The van der Waals surface area contributed by atoms with E-state index in [-0.39, 0.29) is 22.6 Å². The molecule has 0 saturated carbocycles. The smallest absolute Gasteiger partial charge is 0.339 e. The highest BCUT2D eigenvalue weighted by Crippen LogP contribution is 2.31. The average molecular weight is 414 g/mol. The summed E-state index contributed by atoms with van der Waals surface area (Å²) < 4.78 is 5.24. The lowest BCUT2D eigenvalue weighted by Crippen LogP contribution is -2.16. The first-order chi connectivity index (χ1) is 15.0. The molecule has 1 N–H and O–H groups in total. The van der Waals surface area contributed by atoms with Crippen LogP contribution < -0.4 is 0 Å². The highest BCUT2D eigenvalue weighted by Gasteiger charge is 2.23. The Morgan fingerprint density at radius 2 is 1.68 bits per heavy atom. The summed E-state index contributed by atoms with van der Waals surface area (Å²) in [6, 6.07) is 21.0. The van der Waals surface area contributed by atoms with Crippen LogP contribution in [0, 0.1) is 17.0 Å². The summed E-state index contributed by atoms with van der Waals surface area (Å²) in [5.41, 5.74) is 2.79. The number of ether oxygens (including phenoxy) is 1. The standard InChI is InChI=1S/C24H18N2O5/c1-15-17(11-7-13-20(15)26(29)30)24(28)31-14-21(27)22-18-10-5-6-12-19(18)25-23(22)16-8-3-2-4-9-16/h2-13,25H,14H2,1H3. The summed E-state index contributed by atoms with van der Waals surface area (Å²) in [5.74, 6) is -1.15. The number of fused-ring (bicyclic) bond motifs is 1. The zero-order valence-electron chi connectivity index (χ0n) is 16.6. The topological polar surface area (TPSA) is 102 Å². The molecule has 0 aliphatic heterocycles. The second-order valence-corrected chi connectivity index (χ2v) is 6.99. The fourth-order valence-electron chi connectivity index (χ4n) is 3.58. The van der Waals surface area contributed by atoms with Crippen LogP contribution in [0.15, 0.2) is 72.8 Å². The maximum atomic E-state index is 13.1. The molecule has 4 rings (SSSR count). The fourth-order valence-corrected chi connectivity index (χ4v) is 3.58. The third kappa shape index (κ3) is 3.81. The molecule has 1 aromatic heterocycles. The van der Waals surface area contributed by atoms with Crippen LogP contribution in [0.3, 0.4) is 0 Å². The van der Waals surface area contributed by atoms with Crippen molar-refractivity contribution in [3.63, 3.8) is 0 Å². The van der Waals surface area contributed by atoms with Crippen molar-refractivity contribution in [2.45, 2.75) is 6.92 Å². The predicted octanol–water partition coefficient (Wildman–Crippen LogP) is 5.09. The van der Waals surface area contributed by atoms with Gasteiger partial charge >= 0.3 is 5.97 Å². The largest absolute Gasteiger partial charge is 0.454 e. The molecular weight excluding hydrogens is 396 g/mol. The van der Waals surface area contributed by atoms with Gasteiger partial charge in [0.15, 0.2) is 6.61 Å². The number of hydrogen-bond acceptors (Lipinski definition) is 5. The van der Waals surface area contributed by atoms with Crippen LogP contribution in [0.2, 0.25) is 0 Å². The van der Waals surface area contributed by atoms with E-state index in [1.165, 1.54) is 25.1 Å². The number of aromatic nitrogens is 1. The highest BCUT2D eigenvalue weighted by molar-refractivity contribution is 6.14. The number of H-pyrrole nitrogens is 1. The number of rotatable bonds is 6. The van der Waals surface area contributed by atoms with Crippen molar-refractivity contribution < 1.29 is 19.2 Å². The van der Waals surface area contributed by atoms with Crippen molar-refractivity contribution in [2.24, 2.45) is 0 Å². The number of hydrogen-bond donors (Lipinski definition) is 1. The van der Waals surface area contributed by atoms with Crippen LogP contribution in [0.1, 0.15) is 26.3 Å². The number of nitrogens with zero attached hydrogens (tertiary/aromatic N) is 1. The van der Waals surface area contributed by atoms with Crippen LogP contribution in [0.25, 0.3) is 22.2 Å². The van der Waals surface area contributed by atoms with E-state index < -0.39 is 17.5 Å². The zero-order chi connectivity index (χ0) is 22.0. The summed E-state index contributed by atoms with van der Waals surface area (Å²) in [5, 5.41) is 11.8. The Bertz CT molecular complexity index is 1310. The molecule has 0 atom stereocenters. The second-order valence-electron chi connectivity index (χ2n) is 6.99. The molecule has 4 aromatic rings. The predicted molar refractivity (Wildman–Crippen MR) is 116 cm³/mol. The fraction of sp³-hybridized carbons (Fsp3) is 0.0833. The second kappa shape index (κ2) is 8.23. The van der Waals surface area contributed by atoms with Crippen LogP contribution in [-0.2, 0) is 4.74 Å². The minimum atomic E-state index is -0.782. The zero-order valence-corrected chi connectivity index (χ0v) is 16.6. The lowest BCUT2D eigenvalue weighted by atomic mass is 10.0. The normalized spacial score (nSPS) is 10.7. The van der Waals surface area contributed by atoms with Crippen LogP contribution in [0.4, 0.5) is 5.69 Å². The van der Waals surface area contributed by atoms with E-state index in [1.54, 1.807) is 0 Å². The Morgan fingerprint density at radius 1 is 0.968 bits per heavy atom. The molecule has 0 unspecified atom stereocenters. The van der Waals surface area contributed by atoms with Gasteiger partial charge in [-0.2, -0.15) is 0 Å². The van der Waals surface area contributed by atoms with Gasteiger partial charge in [0.25, 0.3) is 5.69 Å². The van der Waals surface area contributed by atoms with Crippen molar-refractivity contribution in [3.05, 3.63) is 99.6 Å². The Kier molecular flexibility index (Phi) is 5.32. The van der Waals surface area contributed by atoms with Crippen molar-refractivity contribution in [2.75, 3.05) is 6.61 Å². The van der Waals surface area contributed by atoms with Gasteiger partial charge in [0, 0.05) is 22.5 Å². The minimum absolute atomic E-state index is 0.0595. The number of esters is 1. The minimum Gasteiger partial charge on any atom is -0.454 e. The monoisotopic (exact) mass is 414 g/mol. The van der Waals surface area contributed by atoms with Gasteiger partial charge in [-0.15, -0.1) is 0 Å². The molecule has 0 fully saturated rings. The first kappa shape index (κ1) is 20.0. The molecule has 0 radical (unpaired) electrons. The van der Waals surface area contributed by atoms with Gasteiger partial charge in [-0.05, 0) is 24.6 Å². The summed E-state index contributed by atoms with van der Waals surface area (Å²) in [7, 11) is 0. The molecule has 3 aromatic carbocycles. The van der Waals surface area contributed by atoms with Gasteiger partial charge in [-0.3, -0.25) is 14.9 Å². The number of carbonyl (C=O) groups excluding carboxylic acids is 2. The van der Waals surface area contributed by atoms with Crippen molar-refractivity contribution in [1.29, 1.82) is 0 Å². The number of Topliss-reactive ketones (excluding diaryl/α,β-unsaturated/α-hetero) is 1. The van der Waals surface area contributed by atoms with E-state index in [1.807, 2.05) is 54.6 Å². The van der Waals surface area contributed by atoms with E-state index in [9.17, 15) is 19.7 Å². The van der Waals surface area contributed by atoms with Gasteiger partial charge in [0.05, 0.1) is 21.7 Å². The molecule has 1 heterocycles. The maximum absolute atomic E-state index is 13.1. The number of nitro benzene ring substituents is 1. The number of ketones is 1. The Morgan fingerprint density at radius 3 is 2.42 bits per heavy atom.